The lowest BCUT2D eigenvalue weighted by atomic mass is 10.0. The Labute approximate surface area is 219 Å². The highest BCUT2D eigenvalue weighted by atomic mass is 32.1. The molecule has 2 unspecified atom stereocenters. The summed E-state index contributed by atoms with van der Waals surface area (Å²) in [5.74, 6) is 0. The van der Waals surface area contributed by atoms with Gasteiger partial charge in [0.2, 0.25) is 0 Å². The van der Waals surface area contributed by atoms with Crippen LogP contribution in [0.15, 0.2) is 89.9 Å². The van der Waals surface area contributed by atoms with E-state index in [2.05, 4.69) is 20.9 Å². The van der Waals surface area contributed by atoms with E-state index >= 15 is 0 Å². The predicted molar refractivity (Wildman–Crippen MR) is 140 cm³/mol. The van der Waals surface area contributed by atoms with Crippen LogP contribution in [0.2, 0.25) is 0 Å². The van der Waals surface area contributed by atoms with Crippen molar-refractivity contribution in [2.24, 2.45) is 0 Å². The average Bonchev–Trinajstić information content (AvgIpc) is 3.46. The Morgan fingerprint density at radius 1 is 1.00 bits per heavy atom. The van der Waals surface area contributed by atoms with Gasteiger partial charge in [-0.25, -0.2) is 14.8 Å². The number of rotatable bonds is 12. The molecular weight excluding hydrogens is 490 g/mol. The number of aliphatic hydroxyl groups is 1. The molecule has 0 aliphatic heterocycles. The summed E-state index contributed by atoms with van der Waals surface area (Å²) >= 11 is 1.42. The molecule has 0 radical (unpaired) electrons. The van der Waals surface area contributed by atoms with Crippen LogP contribution in [-0.2, 0) is 24.3 Å². The molecule has 192 valence electrons. The third-order valence-electron chi connectivity index (χ3n) is 5.71. The number of carbonyl (C=O) groups excluding carboxylic acids is 1. The van der Waals surface area contributed by atoms with E-state index < -0.39 is 18.2 Å². The topological polar surface area (TPSA) is 120 Å². The first-order valence-electron chi connectivity index (χ1n) is 11.8. The van der Waals surface area contributed by atoms with Crippen molar-refractivity contribution < 1.29 is 19.8 Å². The Kier molecular flexibility index (Phi) is 9.69. The van der Waals surface area contributed by atoms with Crippen LogP contribution in [0, 0.1) is 0 Å². The molecule has 37 heavy (non-hydrogen) atoms. The molecule has 10 heteroatoms. The second-order valence-corrected chi connectivity index (χ2v) is 9.17. The van der Waals surface area contributed by atoms with Crippen LogP contribution in [0.1, 0.15) is 16.8 Å². The fourth-order valence-corrected chi connectivity index (χ4v) is 4.33. The fraction of sp³-hybridized carbons (Fsp3) is 0.222. The lowest BCUT2D eigenvalue weighted by Crippen LogP contribution is -2.51. The Morgan fingerprint density at radius 2 is 1.78 bits per heavy atom. The summed E-state index contributed by atoms with van der Waals surface area (Å²) in [6, 6.07) is 22.4. The summed E-state index contributed by atoms with van der Waals surface area (Å²) in [5.41, 5.74) is 10.9. The van der Waals surface area contributed by atoms with Crippen LogP contribution in [0.5, 0.6) is 0 Å². The number of aliphatic hydroxyl groups excluding tert-OH is 1. The van der Waals surface area contributed by atoms with E-state index in [1.54, 1.807) is 22.1 Å². The van der Waals surface area contributed by atoms with E-state index in [1.165, 1.54) is 11.3 Å². The molecule has 0 spiro atoms. The zero-order valence-corrected chi connectivity index (χ0v) is 20.9. The van der Waals surface area contributed by atoms with Crippen LogP contribution < -0.4 is 10.9 Å². The van der Waals surface area contributed by atoms with Crippen molar-refractivity contribution in [2.45, 2.75) is 31.7 Å². The zero-order chi connectivity index (χ0) is 25.9. The number of thiazole rings is 1. The Balaban J connectivity index is 1.43. The SMILES string of the molecule is O=C(NN(Cc1ccc(-c2ccccn2)cc1)CC(O)C(Cc1ccccc1)NO)OCc1cscn1. The van der Waals surface area contributed by atoms with Crippen LogP contribution in [0.3, 0.4) is 0 Å². The molecule has 0 aliphatic carbocycles. The minimum absolute atomic E-state index is 0.0405. The van der Waals surface area contributed by atoms with Crippen LogP contribution in [-0.4, -0.2) is 50.1 Å². The molecule has 2 heterocycles. The Bertz CT molecular complexity index is 1210. The number of amides is 1. The molecule has 0 fully saturated rings. The van der Waals surface area contributed by atoms with Crippen LogP contribution in [0.25, 0.3) is 11.3 Å². The number of carbonyl (C=O) groups is 1. The highest BCUT2D eigenvalue weighted by Crippen LogP contribution is 2.18. The van der Waals surface area contributed by atoms with Crippen molar-refractivity contribution in [3.8, 4) is 11.3 Å². The fourth-order valence-electron chi connectivity index (χ4n) is 3.78. The first-order valence-corrected chi connectivity index (χ1v) is 12.7. The van der Waals surface area contributed by atoms with Crippen molar-refractivity contribution in [2.75, 3.05) is 6.54 Å². The van der Waals surface area contributed by atoms with Gasteiger partial charge in [-0.05, 0) is 29.7 Å². The second kappa shape index (κ2) is 13.6. The Hall–Kier alpha value is -3.67. The van der Waals surface area contributed by atoms with Crippen molar-refractivity contribution in [3.63, 3.8) is 0 Å². The van der Waals surface area contributed by atoms with Gasteiger partial charge in [0.1, 0.15) is 6.61 Å². The van der Waals surface area contributed by atoms with Gasteiger partial charge >= 0.3 is 6.09 Å². The first kappa shape index (κ1) is 26.4. The van der Waals surface area contributed by atoms with E-state index in [-0.39, 0.29) is 13.2 Å². The third-order valence-corrected chi connectivity index (χ3v) is 6.34. The number of hydroxylamine groups is 1. The summed E-state index contributed by atoms with van der Waals surface area (Å²) in [4.78, 5) is 21.0. The number of hydrogen-bond acceptors (Lipinski definition) is 9. The minimum atomic E-state index is -1.00. The molecule has 2 atom stereocenters. The van der Waals surface area contributed by atoms with Crippen molar-refractivity contribution in [3.05, 3.63) is 107 Å². The maximum absolute atomic E-state index is 12.5. The molecule has 4 aromatic rings. The number of hydrogen-bond donors (Lipinski definition) is 4. The van der Waals surface area contributed by atoms with E-state index in [0.29, 0.717) is 18.7 Å². The van der Waals surface area contributed by atoms with Crippen LogP contribution in [0.4, 0.5) is 4.79 Å². The standard InChI is InChI=1S/C27H29N5O4S/c33-26(25(31-35)14-20-6-2-1-3-7-20)16-32(30-27(34)36-17-23-18-37-19-29-23)15-21-9-11-22(12-10-21)24-8-4-5-13-28-24/h1-13,18-19,25-26,31,33,35H,14-17H2,(H,30,34). The number of pyridine rings is 1. The molecule has 9 nitrogen and oxygen atoms in total. The van der Waals surface area contributed by atoms with Crippen molar-refractivity contribution in [1.82, 2.24) is 25.9 Å². The van der Waals surface area contributed by atoms with E-state index in [9.17, 15) is 15.1 Å². The van der Waals surface area contributed by atoms with Gasteiger partial charge in [0.15, 0.2) is 0 Å². The molecular formula is C27H29N5O4S. The van der Waals surface area contributed by atoms with Gasteiger partial charge < -0.3 is 15.1 Å². The molecule has 2 aromatic carbocycles. The summed E-state index contributed by atoms with van der Waals surface area (Å²) in [5, 5.41) is 24.0. The largest absolute Gasteiger partial charge is 0.442 e. The average molecular weight is 520 g/mol. The van der Waals surface area contributed by atoms with Gasteiger partial charge in [0.05, 0.1) is 29.0 Å². The molecule has 0 saturated heterocycles. The number of aromatic nitrogens is 2. The number of ether oxygens (including phenoxy) is 1. The van der Waals surface area contributed by atoms with Crippen LogP contribution >= 0.6 is 11.3 Å². The smallest absolute Gasteiger partial charge is 0.422 e. The summed E-state index contributed by atoms with van der Waals surface area (Å²) in [7, 11) is 0. The summed E-state index contributed by atoms with van der Waals surface area (Å²) in [6.07, 6.45) is 0.479. The van der Waals surface area contributed by atoms with E-state index in [4.69, 9.17) is 4.74 Å². The second-order valence-electron chi connectivity index (χ2n) is 8.45. The van der Waals surface area contributed by atoms with Crippen molar-refractivity contribution >= 4 is 17.4 Å². The maximum atomic E-state index is 12.5. The molecule has 2 aromatic heterocycles. The quantitative estimate of drug-likeness (QED) is 0.209. The van der Waals surface area contributed by atoms with Crippen molar-refractivity contribution in [1.29, 1.82) is 0 Å². The third kappa shape index (κ3) is 8.17. The molecule has 0 bridgehead atoms. The highest BCUT2D eigenvalue weighted by Gasteiger charge is 2.23. The molecule has 4 N–H and O–H groups in total. The molecule has 0 aliphatic rings. The molecule has 4 rings (SSSR count). The van der Waals surface area contributed by atoms with Gasteiger partial charge in [0.25, 0.3) is 0 Å². The normalized spacial score (nSPS) is 12.7. The lowest BCUT2D eigenvalue weighted by molar-refractivity contribution is 0.00520. The number of nitrogens with zero attached hydrogens (tertiary/aromatic N) is 3. The van der Waals surface area contributed by atoms with Gasteiger partial charge in [-0.2, -0.15) is 5.48 Å². The maximum Gasteiger partial charge on any atom is 0.422 e. The first-order chi connectivity index (χ1) is 18.1. The number of nitrogens with one attached hydrogen (secondary N) is 2. The highest BCUT2D eigenvalue weighted by molar-refractivity contribution is 7.07. The summed E-state index contributed by atoms with van der Waals surface area (Å²) < 4.78 is 5.29. The number of benzene rings is 2. The van der Waals surface area contributed by atoms with Gasteiger partial charge in [-0.15, -0.1) is 11.3 Å². The Morgan fingerprint density at radius 3 is 2.46 bits per heavy atom. The molecule has 1 amide bonds. The van der Waals surface area contributed by atoms with Gasteiger partial charge in [0, 0.05) is 30.2 Å². The minimum Gasteiger partial charge on any atom is -0.442 e. The van der Waals surface area contributed by atoms with Gasteiger partial charge in [-0.1, -0.05) is 60.7 Å². The molecule has 0 saturated carbocycles. The monoisotopic (exact) mass is 519 g/mol. The van der Waals surface area contributed by atoms with E-state index in [0.717, 1.165) is 22.4 Å². The number of hydrazine groups is 1. The zero-order valence-electron chi connectivity index (χ0n) is 20.1. The van der Waals surface area contributed by atoms with Gasteiger partial charge in [-0.3, -0.25) is 10.4 Å². The lowest BCUT2D eigenvalue weighted by Gasteiger charge is -2.29. The summed E-state index contributed by atoms with van der Waals surface area (Å²) in [6.45, 7) is 0.382. The predicted octanol–water partition coefficient (Wildman–Crippen LogP) is 3.80. The van der Waals surface area contributed by atoms with E-state index in [1.807, 2.05) is 72.8 Å².